The number of thiophene rings is 1. The van der Waals surface area contributed by atoms with Crippen molar-refractivity contribution >= 4 is 40.6 Å². The quantitative estimate of drug-likeness (QED) is 0.501. The largest absolute Gasteiger partial charge is 0.351 e. The van der Waals surface area contributed by atoms with Gasteiger partial charge >= 0.3 is 0 Å². The molecule has 0 bridgehead atoms. The summed E-state index contributed by atoms with van der Waals surface area (Å²) in [6.45, 7) is 7.67. The van der Waals surface area contributed by atoms with E-state index in [1.54, 1.807) is 11.3 Å². The molecule has 1 aromatic carbocycles. The molecular weight excluding hydrogens is 412 g/mol. The zero-order chi connectivity index (χ0) is 20.1. The fourth-order valence-corrected chi connectivity index (χ4v) is 4.52. The predicted octanol–water partition coefficient (Wildman–Crippen LogP) is 5.10. The van der Waals surface area contributed by atoms with Gasteiger partial charge in [0, 0.05) is 33.9 Å². The summed E-state index contributed by atoms with van der Waals surface area (Å²) in [5, 5.41) is 15.3. The Labute approximate surface area is 178 Å². The second-order valence-electron chi connectivity index (χ2n) is 6.48. The molecule has 0 aliphatic rings. The SMILES string of the molecule is CCCn1c(SCC(=O)NCc2ccc(Cl)cc2)nnc1-c1csc(C)c1C. The van der Waals surface area contributed by atoms with Gasteiger partial charge in [0.25, 0.3) is 0 Å². The van der Waals surface area contributed by atoms with Crippen LogP contribution in [0.1, 0.15) is 29.3 Å². The first-order chi connectivity index (χ1) is 13.5. The number of hydrogen-bond acceptors (Lipinski definition) is 5. The van der Waals surface area contributed by atoms with Crippen LogP contribution in [0.25, 0.3) is 11.4 Å². The summed E-state index contributed by atoms with van der Waals surface area (Å²) in [5.41, 5.74) is 3.39. The van der Waals surface area contributed by atoms with Gasteiger partial charge in [0.15, 0.2) is 11.0 Å². The Hall–Kier alpha value is -1.83. The first-order valence-electron chi connectivity index (χ1n) is 9.11. The van der Waals surface area contributed by atoms with E-state index in [1.165, 1.54) is 22.2 Å². The maximum Gasteiger partial charge on any atom is 0.230 e. The third kappa shape index (κ3) is 4.96. The highest BCUT2D eigenvalue weighted by Crippen LogP contribution is 2.31. The maximum absolute atomic E-state index is 12.2. The fraction of sp³-hybridized carbons (Fsp3) is 0.350. The van der Waals surface area contributed by atoms with Crippen molar-refractivity contribution in [3.8, 4) is 11.4 Å². The van der Waals surface area contributed by atoms with Gasteiger partial charge in [-0.05, 0) is 43.5 Å². The first kappa shape index (κ1) is 20.9. The molecule has 0 saturated carbocycles. The summed E-state index contributed by atoms with van der Waals surface area (Å²) in [6, 6.07) is 7.46. The third-order valence-electron chi connectivity index (χ3n) is 4.43. The number of carbonyl (C=O) groups is 1. The summed E-state index contributed by atoms with van der Waals surface area (Å²) in [6.07, 6.45) is 0.976. The molecule has 0 atom stereocenters. The number of halogens is 1. The van der Waals surface area contributed by atoms with E-state index in [0.29, 0.717) is 17.3 Å². The molecule has 0 saturated heterocycles. The van der Waals surface area contributed by atoms with Gasteiger partial charge in [-0.2, -0.15) is 0 Å². The Balaban J connectivity index is 1.64. The molecule has 28 heavy (non-hydrogen) atoms. The van der Waals surface area contributed by atoms with Crippen molar-refractivity contribution in [2.75, 3.05) is 5.75 Å². The molecule has 1 N–H and O–H groups in total. The second-order valence-corrected chi connectivity index (χ2v) is 8.94. The van der Waals surface area contributed by atoms with E-state index in [0.717, 1.165) is 35.1 Å². The number of benzene rings is 1. The Morgan fingerprint density at radius 2 is 2.00 bits per heavy atom. The Kier molecular flexibility index (Phi) is 7.15. The summed E-state index contributed by atoms with van der Waals surface area (Å²) in [4.78, 5) is 13.5. The monoisotopic (exact) mass is 434 g/mol. The first-order valence-corrected chi connectivity index (χ1v) is 11.4. The van der Waals surface area contributed by atoms with Crippen molar-refractivity contribution < 1.29 is 4.79 Å². The van der Waals surface area contributed by atoms with E-state index in [-0.39, 0.29) is 5.91 Å². The van der Waals surface area contributed by atoms with Crippen LogP contribution in [0.4, 0.5) is 0 Å². The van der Waals surface area contributed by atoms with Crippen LogP contribution < -0.4 is 5.32 Å². The van der Waals surface area contributed by atoms with Gasteiger partial charge < -0.3 is 9.88 Å². The molecule has 0 radical (unpaired) electrons. The number of aromatic nitrogens is 3. The van der Waals surface area contributed by atoms with Crippen molar-refractivity contribution in [3.63, 3.8) is 0 Å². The molecule has 2 aromatic heterocycles. The predicted molar refractivity (Wildman–Crippen MR) is 117 cm³/mol. The lowest BCUT2D eigenvalue weighted by Gasteiger charge is -2.09. The molecule has 0 spiro atoms. The molecule has 0 aliphatic carbocycles. The van der Waals surface area contributed by atoms with Crippen LogP contribution in [0, 0.1) is 13.8 Å². The Morgan fingerprint density at radius 1 is 1.25 bits per heavy atom. The van der Waals surface area contributed by atoms with Crippen LogP contribution in [0.15, 0.2) is 34.8 Å². The Bertz CT molecular complexity index is 950. The lowest BCUT2D eigenvalue weighted by atomic mass is 10.1. The molecule has 0 unspecified atom stereocenters. The van der Waals surface area contributed by atoms with Crippen molar-refractivity contribution in [2.45, 2.75) is 45.4 Å². The van der Waals surface area contributed by atoms with Crippen LogP contribution in [0.3, 0.4) is 0 Å². The summed E-state index contributed by atoms with van der Waals surface area (Å²) in [7, 11) is 0. The molecule has 3 aromatic rings. The summed E-state index contributed by atoms with van der Waals surface area (Å²) >= 11 is 9.03. The standard InChI is InChI=1S/C20H23ClN4OS2/c1-4-9-25-19(17-11-27-14(3)13(17)2)23-24-20(25)28-12-18(26)22-10-15-5-7-16(21)8-6-15/h5-8,11H,4,9-10,12H2,1-3H3,(H,22,26). The number of thioether (sulfide) groups is 1. The van der Waals surface area contributed by atoms with Gasteiger partial charge in [-0.3, -0.25) is 4.79 Å². The average Bonchev–Trinajstić information content (AvgIpc) is 3.23. The average molecular weight is 435 g/mol. The zero-order valence-corrected chi connectivity index (χ0v) is 18.5. The van der Waals surface area contributed by atoms with E-state index in [1.807, 2.05) is 24.3 Å². The van der Waals surface area contributed by atoms with E-state index in [9.17, 15) is 4.79 Å². The van der Waals surface area contributed by atoms with E-state index in [2.05, 4.69) is 46.2 Å². The number of aryl methyl sites for hydroxylation is 1. The number of carbonyl (C=O) groups excluding carboxylic acids is 1. The molecular formula is C20H23ClN4OS2. The zero-order valence-electron chi connectivity index (χ0n) is 16.2. The number of rotatable bonds is 8. The van der Waals surface area contributed by atoms with Crippen LogP contribution in [0.5, 0.6) is 0 Å². The number of hydrogen-bond donors (Lipinski definition) is 1. The normalized spacial score (nSPS) is 11.0. The second kappa shape index (κ2) is 9.58. The number of nitrogens with zero attached hydrogens (tertiary/aromatic N) is 3. The molecule has 148 valence electrons. The van der Waals surface area contributed by atoms with Gasteiger partial charge in [0.2, 0.25) is 5.91 Å². The minimum Gasteiger partial charge on any atom is -0.351 e. The topological polar surface area (TPSA) is 59.8 Å². The van der Waals surface area contributed by atoms with Crippen LogP contribution in [-0.2, 0) is 17.9 Å². The van der Waals surface area contributed by atoms with E-state index in [4.69, 9.17) is 11.6 Å². The van der Waals surface area contributed by atoms with Gasteiger partial charge in [-0.25, -0.2) is 0 Å². The molecule has 2 heterocycles. The molecule has 1 amide bonds. The van der Waals surface area contributed by atoms with Gasteiger partial charge in [-0.1, -0.05) is 42.4 Å². The lowest BCUT2D eigenvalue weighted by molar-refractivity contribution is -0.118. The maximum atomic E-state index is 12.2. The van der Waals surface area contributed by atoms with Gasteiger partial charge in [-0.15, -0.1) is 21.5 Å². The molecule has 8 heteroatoms. The molecule has 0 fully saturated rings. The van der Waals surface area contributed by atoms with Gasteiger partial charge in [0.1, 0.15) is 0 Å². The molecule has 5 nitrogen and oxygen atoms in total. The summed E-state index contributed by atoms with van der Waals surface area (Å²) < 4.78 is 2.12. The van der Waals surface area contributed by atoms with Crippen LogP contribution in [0.2, 0.25) is 5.02 Å². The van der Waals surface area contributed by atoms with Crippen LogP contribution >= 0.6 is 34.7 Å². The van der Waals surface area contributed by atoms with Crippen molar-refractivity contribution in [2.24, 2.45) is 0 Å². The Morgan fingerprint density at radius 3 is 2.64 bits per heavy atom. The number of nitrogens with one attached hydrogen (secondary N) is 1. The number of amides is 1. The lowest BCUT2D eigenvalue weighted by Crippen LogP contribution is -2.24. The molecule has 0 aliphatic heterocycles. The van der Waals surface area contributed by atoms with E-state index >= 15 is 0 Å². The molecule has 3 rings (SSSR count). The van der Waals surface area contributed by atoms with Crippen molar-refractivity contribution in [3.05, 3.63) is 50.7 Å². The summed E-state index contributed by atoms with van der Waals surface area (Å²) in [5.74, 6) is 1.15. The highest BCUT2D eigenvalue weighted by atomic mass is 35.5. The highest BCUT2D eigenvalue weighted by Gasteiger charge is 2.18. The minimum absolute atomic E-state index is 0.0323. The van der Waals surface area contributed by atoms with Crippen molar-refractivity contribution in [1.29, 1.82) is 0 Å². The fourth-order valence-electron chi connectivity index (χ4n) is 2.74. The van der Waals surface area contributed by atoms with Crippen molar-refractivity contribution in [1.82, 2.24) is 20.1 Å². The smallest absolute Gasteiger partial charge is 0.230 e. The third-order valence-corrected chi connectivity index (χ3v) is 6.66. The van der Waals surface area contributed by atoms with E-state index < -0.39 is 0 Å². The van der Waals surface area contributed by atoms with Gasteiger partial charge in [0.05, 0.1) is 5.75 Å². The minimum atomic E-state index is -0.0323. The van der Waals surface area contributed by atoms with Crippen LogP contribution in [-0.4, -0.2) is 26.4 Å². The highest BCUT2D eigenvalue weighted by molar-refractivity contribution is 7.99.